The van der Waals surface area contributed by atoms with Gasteiger partial charge in [-0.05, 0) is 55.7 Å². The van der Waals surface area contributed by atoms with E-state index in [0.717, 1.165) is 16.8 Å². The van der Waals surface area contributed by atoms with Crippen molar-refractivity contribution in [3.63, 3.8) is 0 Å². The maximum Gasteiger partial charge on any atom is 0.306 e. The highest BCUT2D eigenvalue weighted by Crippen LogP contribution is 2.50. The number of carboxylic acids is 1. The van der Waals surface area contributed by atoms with E-state index in [9.17, 15) is 20.0 Å². The van der Waals surface area contributed by atoms with E-state index in [1.807, 2.05) is 6.08 Å². The van der Waals surface area contributed by atoms with Gasteiger partial charge < -0.3 is 9.84 Å². The lowest BCUT2D eigenvalue weighted by atomic mass is 9.87. The topological polar surface area (TPSA) is 105 Å². The van der Waals surface area contributed by atoms with Gasteiger partial charge in [0.2, 0.25) is 0 Å². The highest BCUT2D eigenvalue weighted by atomic mass is 35.5. The Bertz CT molecular complexity index is 1200. The molecule has 1 saturated carbocycles. The summed E-state index contributed by atoms with van der Waals surface area (Å²) in [5, 5.41) is 24.0. The first-order valence-corrected chi connectivity index (χ1v) is 11.2. The molecule has 3 aliphatic rings. The van der Waals surface area contributed by atoms with Gasteiger partial charge in [-0.3, -0.25) is 9.59 Å². The highest BCUT2D eigenvalue weighted by molar-refractivity contribution is 6.34. The molecule has 1 N–H and O–H groups in total. The SMILES string of the molecule is N#CC1(c2cccc(Cl)c2C(=O)n2nc(C3=CC[C@@H](C(=O)O)CC3)c3c2COCC3)CC1. The number of carboxylic acid groups (broad SMARTS) is 1. The van der Waals surface area contributed by atoms with E-state index in [2.05, 4.69) is 6.07 Å². The summed E-state index contributed by atoms with van der Waals surface area (Å²) in [6.07, 6.45) is 5.58. The monoisotopic (exact) mass is 451 g/mol. The van der Waals surface area contributed by atoms with Crippen LogP contribution in [0.25, 0.3) is 5.57 Å². The Balaban J connectivity index is 1.59. The van der Waals surface area contributed by atoms with E-state index in [-0.39, 0.29) is 18.4 Å². The van der Waals surface area contributed by atoms with Gasteiger partial charge in [0.05, 0.1) is 52.6 Å². The van der Waals surface area contributed by atoms with Crippen LogP contribution in [0.2, 0.25) is 5.02 Å². The second-order valence-corrected chi connectivity index (χ2v) is 9.10. The third-order valence-electron chi connectivity index (χ3n) is 6.79. The molecule has 1 aromatic carbocycles. The van der Waals surface area contributed by atoms with Gasteiger partial charge in [0, 0.05) is 5.56 Å². The molecule has 1 aromatic heterocycles. The smallest absolute Gasteiger partial charge is 0.306 e. The van der Waals surface area contributed by atoms with Crippen LogP contribution in [-0.2, 0) is 28.0 Å². The van der Waals surface area contributed by atoms with Crippen molar-refractivity contribution in [2.45, 2.75) is 50.5 Å². The Morgan fingerprint density at radius 3 is 2.78 bits per heavy atom. The van der Waals surface area contributed by atoms with Gasteiger partial charge in [0.15, 0.2) is 0 Å². The van der Waals surface area contributed by atoms with Crippen LogP contribution in [0, 0.1) is 17.2 Å². The molecule has 1 aliphatic heterocycles. The molecule has 0 radical (unpaired) electrons. The second-order valence-electron chi connectivity index (χ2n) is 8.69. The van der Waals surface area contributed by atoms with Crippen molar-refractivity contribution in [3.05, 3.63) is 57.4 Å². The van der Waals surface area contributed by atoms with Crippen molar-refractivity contribution in [2.24, 2.45) is 5.92 Å². The molecule has 2 aliphatic carbocycles. The quantitative estimate of drug-likeness (QED) is 0.749. The normalized spacial score (nSPS) is 21.2. The standard InChI is InChI=1S/C24H22ClN3O4/c25-18-3-1-2-17(24(13-26)9-10-24)20(18)22(29)28-19-12-32-11-8-16(19)21(27-28)14-4-6-15(7-5-14)23(30)31/h1-4,15H,5-12H2,(H,30,31)/t15-/m1/s1. The number of aliphatic carboxylic acids is 1. The van der Waals surface area contributed by atoms with Crippen LogP contribution in [0.1, 0.15) is 65.0 Å². The lowest BCUT2D eigenvalue weighted by Crippen LogP contribution is -2.23. The number of aromatic nitrogens is 2. The summed E-state index contributed by atoms with van der Waals surface area (Å²) < 4.78 is 7.02. The summed E-state index contributed by atoms with van der Waals surface area (Å²) in [5.74, 6) is -1.53. The number of hydrogen-bond acceptors (Lipinski definition) is 5. The van der Waals surface area contributed by atoms with Crippen LogP contribution in [0.4, 0.5) is 0 Å². The number of benzene rings is 1. The van der Waals surface area contributed by atoms with Gasteiger partial charge in [-0.15, -0.1) is 0 Å². The number of ether oxygens (including phenoxy) is 1. The number of nitriles is 1. The third kappa shape index (κ3) is 3.35. The van der Waals surface area contributed by atoms with Crippen molar-refractivity contribution < 1.29 is 19.4 Å². The average Bonchev–Trinajstić information content (AvgIpc) is 3.52. The van der Waals surface area contributed by atoms with Crippen LogP contribution in [0.5, 0.6) is 0 Å². The third-order valence-corrected chi connectivity index (χ3v) is 7.10. The Hall–Kier alpha value is -2.95. The van der Waals surface area contributed by atoms with Gasteiger partial charge in [-0.1, -0.05) is 29.8 Å². The van der Waals surface area contributed by atoms with Crippen molar-refractivity contribution in [3.8, 4) is 6.07 Å². The molecule has 5 rings (SSSR count). The zero-order chi connectivity index (χ0) is 22.5. The van der Waals surface area contributed by atoms with Gasteiger partial charge in [-0.2, -0.15) is 15.0 Å². The molecule has 164 valence electrons. The van der Waals surface area contributed by atoms with E-state index in [1.165, 1.54) is 4.68 Å². The number of allylic oxidation sites excluding steroid dienone is 2. The van der Waals surface area contributed by atoms with Gasteiger partial charge in [0.1, 0.15) is 0 Å². The first-order valence-electron chi connectivity index (χ1n) is 10.8. The summed E-state index contributed by atoms with van der Waals surface area (Å²) >= 11 is 6.48. The minimum absolute atomic E-state index is 0.266. The Morgan fingerprint density at radius 1 is 1.31 bits per heavy atom. The first kappa shape index (κ1) is 20.9. The van der Waals surface area contributed by atoms with E-state index in [4.69, 9.17) is 21.4 Å². The molecule has 0 bridgehead atoms. The van der Waals surface area contributed by atoms with Crippen molar-refractivity contribution in [1.82, 2.24) is 9.78 Å². The minimum atomic E-state index is -0.783. The molecule has 0 amide bonds. The lowest BCUT2D eigenvalue weighted by Gasteiger charge is -2.19. The zero-order valence-electron chi connectivity index (χ0n) is 17.4. The number of hydrogen-bond donors (Lipinski definition) is 1. The largest absolute Gasteiger partial charge is 0.481 e. The number of rotatable bonds is 4. The predicted molar refractivity (Wildman–Crippen MR) is 116 cm³/mol. The van der Waals surface area contributed by atoms with Crippen molar-refractivity contribution >= 4 is 29.1 Å². The fourth-order valence-electron chi connectivity index (χ4n) is 4.75. The van der Waals surface area contributed by atoms with Crippen LogP contribution in [0.3, 0.4) is 0 Å². The molecular weight excluding hydrogens is 430 g/mol. The van der Waals surface area contributed by atoms with Gasteiger partial charge in [0.25, 0.3) is 5.91 Å². The average molecular weight is 452 g/mol. The fraction of sp³-hybridized carbons (Fsp3) is 0.417. The maximum absolute atomic E-state index is 13.7. The zero-order valence-corrected chi connectivity index (χ0v) is 18.2. The molecule has 0 saturated heterocycles. The number of carbonyl (C=O) groups excluding carboxylic acids is 1. The molecular formula is C24H22ClN3O4. The van der Waals surface area contributed by atoms with E-state index >= 15 is 0 Å². The molecule has 1 atom stereocenters. The molecule has 2 heterocycles. The van der Waals surface area contributed by atoms with Crippen LogP contribution < -0.4 is 0 Å². The molecule has 2 aromatic rings. The molecule has 1 fully saturated rings. The number of nitrogens with zero attached hydrogens (tertiary/aromatic N) is 3. The number of carbonyl (C=O) groups is 2. The van der Waals surface area contributed by atoms with Gasteiger partial charge >= 0.3 is 5.97 Å². The Labute approximate surface area is 190 Å². The first-order chi connectivity index (χ1) is 15.4. The Morgan fingerprint density at radius 2 is 2.12 bits per heavy atom. The number of halogens is 1. The van der Waals surface area contributed by atoms with Crippen LogP contribution >= 0.6 is 11.6 Å². The number of fused-ring (bicyclic) bond motifs is 1. The summed E-state index contributed by atoms with van der Waals surface area (Å²) in [5.41, 5.74) is 3.70. The van der Waals surface area contributed by atoms with E-state index < -0.39 is 11.4 Å². The van der Waals surface area contributed by atoms with Crippen LogP contribution in [-0.4, -0.2) is 33.4 Å². The maximum atomic E-state index is 13.7. The molecule has 8 heteroatoms. The molecule has 32 heavy (non-hydrogen) atoms. The van der Waals surface area contributed by atoms with Crippen molar-refractivity contribution in [1.29, 1.82) is 5.26 Å². The summed E-state index contributed by atoms with van der Waals surface area (Å²) in [6.45, 7) is 0.808. The molecule has 7 nitrogen and oxygen atoms in total. The Kier molecular flexibility index (Phi) is 5.15. The summed E-state index contributed by atoms with van der Waals surface area (Å²) in [6, 6.07) is 7.59. The fourth-order valence-corrected chi connectivity index (χ4v) is 5.01. The lowest BCUT2D eigenvalue weighted by molar-refractivity contribution is -0.141. The second kappa shape index (κ2) is 7.88. The molecule has 0 unspecified atom stereocenters. The summed E-state index contributed by atoms with van der Waals surface area (Å²) in [7, 11) is 0. The highest BCUT2D eigenvalue weighted by Gasteiger charge is 2.47. The minimum Gasteiger partial charge on any atom is -0.481 e. The van der Waals surface area contributed by atoms with Gasteiger partial charge in [-0.25, -0.2) is 0 Å². The van der Waals surface area contributed by atoms with Crippen molar-refractivity contribution in [2.75, 3.05) is 6.61 Å². The molecule has 0 spiro atoms. The van der Waals surface area contributed by atoms with Crippen LogP contribution in [0.15, 0.2) is 24.3 Å². The predicted octanol–water partition coefficient (Wildman–Crippen LogP) is 4.12. The van der Waals surface area contributed by atoms with E-state index in [1.54, 1.807) is 18.2 Å². The van der Waals surface area contributed by atoms with E-state index in [0.29, 0.717) is 67.0 Å². The summed E-state index contributed by atoms with van der Waals surface area (Å²) in [4.78, 5) is 25.1.